The summed E-state index contributed by atoms with van der Waals surface area (Å²) >= 11 is 0. The fourth-order valence-corrected chi connectivity index (χ4v) is 4.45. The van der Waals surface area contributed by atoms with Crippen LogP contribution in [-0.2, 0) is 17.3 Å². The molecule has 134 valence electrons. The molecule has 1 aromatic heterocycles. The van der Waals surface area contributed by atoms with Crippen LogP contribution in [0.2, 0.25) is 0 Å². The van der Waals surface area contributed by atoms with Crippen LogP contribution in [-0.4, -0.2) is 38.7 Å². The molecule has 0 aliphatic heterocycles. The fourth-order valence-electron chi connectivity index (χ4n) is 3.10. The van der Waals surface area contributed by atoms with Gasteiger partial charge in [-0.2, -0.15) is 0 Å². The van der Waals surface area contributed by atoms with E-state index in [1.54, 1.807) is 0 Å². The van der Waals surface area contributed by atoms with Crippen molar-refractivity contribution in [3.8, 4) is 0 Å². The highest BCUT2D eigenvalue weighted by Crippen LogP contribution is 2.23. The number of aliphatic imine (C=N–C) groups is 1. The third-order valence-electron chi connectivity index (χ3n) is 4.47. The molecule has 5 nitrogen and oxygen atoms in total. The lowest BCUT2D eigenvalue weighted by atomic mass is 9.95. The molecule has 0 amide bonds. The molecule has 3 atom stereocenters. The Kier molecular flexibility index (Phi) is 7.69. The highest BCUT2D eigenvalue weighted by Gasteiger charge is 2.26. The van der Waals surface area contributed by atoms with Gasteiger partial charge in [-0.15, -0.1) is 0 Å². The first kappa shape index (κ1) is 18.9. The molecule has 1 aliphatic rings. The average Bonchev–Trinajstić information content (AvgIpc) is 2.60. The van der Waals surface area contributed by atoms with E-state index in [2.05, 4.69) is 40.5 Å². The van der Waals surface area contributed by atoms with Crippen LogP contribution in [0.25, 0.3) is 0 Å². The lowest BCUT2D eigenvalue weighted by Crippen LogP contribution is -2.46. The van der Waals surface area contributed by atoms with E-state index in [4.69, 9.17) is 0 Å². The quantitative estimate of drug-likeness (QED) is 0.611. The summed E-state index contributed by atoms with van der Waals surface area (Å²) < 4.78 is 12.1. The fraction of sp³-hybridized carbons (Fsp3) is 0.667. The monoisotopic (exact) mass is 350 g/mol. The average molecular weight is 351 g/mol. The van der Waals surface area contributed by atoms with Gasteiger partial charge in [-0.05, 0) is 44.7 Å². The minimum atomic E-state index is -0.700. The number of hydrogen-bond donors (Lipinski definition) is 2. The summed E-state index contributed by atoms with van der Waals surface area (Å²) in [5.74, 6) is 1.58. The molecule has 2 N–H and O–H groups in total. The maximum atomic E-state index is 12.1. The first-order chi connectivity index (χ1) is 11.6. The number of rotatable bonds is 6. The summed E-state index contributed by atoms with van der Waals surface area (Å²) in [6.07, 6.45) is 6.11. The van der Waals surface area contributed by atoms with Gasteiger partial charge >= 0.3 is 0 Å². The Bertz CT molecular complexity index is 576. The zero-order valence-corrected chi connectivity index (χ0v) is 15.9. The number of aryl methyl sites for hydroxylation is 1. The van der Waals surface area contributed by atoms with Gasteiger partial charge in [-0.25, -0.2) is 4.99 Å². The van der Waals surface area contributed by atoms with E-state index in [1.165, 1.54) is 0 Å². The molecule has 6 heteroatoms. The van der Waals surface area contributed by atoms with Gasteiger partial charge in [0.25, 0.3) is 0 Å². The van der Waals surface area contributed by atoms with Gasteiger partial charge in [-0.3, -0.25) is 9.19 Å². The molecule has 0 radical (unpaired) electrons. The Morgan fingerprint density at radius 1 is 1.42 bits per heavy atom. The van der Waals surface area contributed by atoms with Crippen molar-refractivity contribution >= 4 is 16.8 Å². The Morgan fingerprint density at radius 3 is 2.96 bits per heavy atom. The largest absolute Gasteiger partial charge is 0.357 e. The highest BCUT2D eigenvalue weighted by molar-refractivity contribution is 7.85. The maximum absolute atomic E-state index is 12.1. The second-order valence-electron chi connectivity index (χ2n) is 6.26. The lowest BCUT2D eigenvalue weighted by molar-refractivity contribution is 0.413. The molecule has 0 saturated heterocycles. The maximum Gasteiger partial charge on any atom is 0.191 e. The van der Waals surface area contributed by atoms with E-state index >= 15 is 0 Å². The molecule has 1 aromatic rings. The minimum absolute atomic E-state index is 0.321. The summed E-state index contributed by atoms with van der Waals surface area (Å²) in [7, 11) is -0.700. The van der Waals surface area contributed by atoms with Gasteiger partial charge in [0.2, 0.25) is 0 Å². The van der Waals surface area contributed by atoms with Crippen molar-refractivity contribution in [2.45, 2.75) is 64.3 Å². The number of guanidine groups is 1. The van der Waals surface area contributed by atoms with E-state index < -0.39 is 10.8 Å². The molecule has 1 heterocycles. The zero-order valence-electron chi connectivity index (χ0n) is 15.0. The molecule has 1 aliphatic carbocycles. The molecule has 2 rings (SSSR count). The Balaban J connectivity index is 1.98. The third-order valence-corrected chi connectivity index (χ3v) is 6.21. The van der Waals surface area contributed by atoms with Crippen molar-refractivity contribution in [1.29, 1.82) is 0 Å². The highest BCUT2D eigenvalue weighted by atomic mass is 32.2. The molecule has 3 unspecified atom stereocenters. The number of hydrogen-bond acceptors (Lipinski definition) is 3. The van der Waals surface area contributed by atoms with E-state index in [1.807, 2.05) is 19.2 Å². The number of nitrogens with one attached hydrogen (secondary N) is 2. The zero-order chi connectivity index (χ0) is 17.4. The standard InChI is InChI=1S/C18H30N4OS/c1-4-19-18(21-13-17-14(3)8-7-11-20-17)22-15-9-6-10-16(12-15)24(23)5-2/h7-8,11,15-16H,4-6,9-10,12-13H2,1-3H3,(H2,19,21,22). The second-order valence-corrected chi connectivity index (χ2v) is 8.27. The van der Waals surface area contributed by atoms with Crippen LogP contribution >= 0.6 is 0 Å². The smallest absolute Gasteiger partial charge is 0.191 e. The number of pyridine rings is 1. The van der Waals surface area contributed by atoms with Crippen LogP contribution in [0.1, 0.15) is 50.8 Å². The van der Waals surface area contributed by atoms with E-state index in [0.29, 0.717) is 17.8 Å². The van der Waals surface area contributed by atoms with Crippen LogP contribution < -0.4 is 10.6 Å². The van der Waals surface area contributed by atoms with Gasteiger partial charge in [0.15, 0.2) is 5.96 Å². The summed E-state index contributed by atoms with van der Waals surface area (Å²) in [6.45, 7) is 7.53. The number of nitrogens with zero attached hydrogens (tertiary/aromatic N) is 2. The van der Waals surface area contributed by atoms with E-state index in [9.17, 15) is 4.21 Å². The summed E-state index contributed by atoms with van der Waals surface area (Å²) in [6, 6.07) is 4.35. The van der Waals surface area contributed by atoms with Crippen molar-refractivity contribution in [2.75, 3.05) is 12.3 Å². The Hall–Kier alpha value is -1.43. The minimum Gasteiger partial charge on any atom is -0.357 e. The van der Waals surface area contributed by atoms with Crippen LogP contribution in [0, 0.1) is 6.92 Å². The first-order valence-electron chi connectivity index (χ1n) is 8.96. The molecule has 0 bridgehead atoms. The second kappa shape index (κ2) is 9.77. The van der Waals surface area contributed by atoms with Crippen molar-refractivity contribution in [2.24, 2.45) is 4.99 Å². The van der Waals surface area contributed by atoms with Gasteiger partial charge in [-0.1, -0.05) is 19.4 Å². The molecule has 0 spiro atoms. The van der Waals surface area contributed by atoms with Crippen molar-refractivity contribution in [3.05, 3.63) is 29.6 Å². The summed E-state index contributed by atoms with van der Waals surface area (Å²) in [4.78, 5) is 9.09. The summed E-state index contributed by atoms with van der Waals surface area (Å²) in [5.41, 5.74) is 2.16. The van der Waals surface area contributed by atoms with Crippen molar-refractivity contribution in [1.82, 2.24) is 15.6 Å². The molecule has 0 aromatic carbocycles. The molecule has 1 saturated carbocycles. The normalized spacial score (nSPS) is 22.9. The van der Waals surface area contributed by atoms with Gasteiger partial charge in [0.1, 0.15) is 0 Å². The molecule has 24 heavy (non-hydrogen) atoms. The Morgan fingerprint density at radius 2 is 2.25 bits per heavy atom. The predicted octanol–water partition coefficient (Wildman–Crippen LogP) is 2.52. The predicted molar refractivity (Wildman–Crippen MR) is 102 cm³/mol. The van der Waals surface area contributed by atoms with Gasteiger partial charge < -0.3 is 10.6 Å². The Labute approximate surface area is 148 Å². The van der Waals surface area contributed by atoms with E-state index in [0.717, 1.165) is 55.2 Å². The van der Waals surface area contributed by atoms with Gasteiger partial charge in [0, 0.05) is 40.6 Å². The van der Waals surface area contributed by atoms with Crippen LogP contribution in [0.15, 0.2) is 23.3 Å². The van der Waals surface area contributed by atoms with Gasteiger partial charge in [0.05, 0.1) is 12.2 Å². The molecular weight excluding hydrogens is 320 g/mol. The van der Waals surface area contributed by atoms with Crippen LogP contribution in [0.4, 0.5) is 0 Å². The molecular formula is C18H30N4OS. The first-order valence-corrected chi connectivity index (χ1v) is 10.3. The van der Waals surface area contributed by atoms with Crippen molar-refractivity contribution < 1.29 is 4.21 Å². The SMILES string of the molecule is CCNC(=NCc1ncccc1C)NC1CCCC(S(=O)CC)C1. The topological polar surface area (TPSA) is 66.4 Å². The summed E-state index contributed by atoms with van der Waals surface area (Å²) in [5, 5.41) is 7.17. The number of aromatic nitrogens is 1. The van der Waals surface area contributed by atoms with Crippen LogP contribution in [0.5, 0.6) is 0 Å². The third kappa shape index (κ3) is 5.58. The lowest BCUT2D eigenvalue weighted by Gasteiger charge is -2.30. The van der Waals surface area contributed by atoms with Crippen LogP contribution in [0.3, 0.4) is 0 Å². The molecule has 1 fully saturated rings. The van der Waals surface area contributed by atoms with E-state index in [-0.39, 0.29) is 0 Å². The van der Waals surface area contributed by atoms with Crippen molar-refractivity contribution in [3.63, 3.8) is 0 Å².